The van der Waals surface area contributed by atoms with Crippen molar-refractivity contribution >= 4 is 22.9 Å². The Hall–Kier alpha value is -3.44. The van der Waals surface area contributed by atoms with Gasteiger partial charge in [-0.25, -0.2) is 4.98 Å². The van der Waals surface area contributed by atoms with E-state index < -0.39 is 5.60 Å². The maximum absolute atomic E-state index is 12.8. The third kappa shape index (κ3) is 4.58. The lowest BCUT2D eigenvalue weighted by Gasteiger charge is -2.25. The highest BCUT2D eigenvalue weighted by Crippen LogP contribution is 2.30. The molecule has 0 aliphatic carbocycles. The van der Waals surface area contributed by atoms with E-state index >= 15 is 0 Å². The Labute approximate surface area is 180 Å². The number of carbonyl (C=O) groups is 1. The van der Waals surface area contributed by atoms with Gasteiger partial charge in [-0.2, -0.15) is 0 Å². The van der Waals surface area contributed by atoms with Gasteiger partial charge in [0.2, 0.25) is 0 Å². The Bertz CT molecular complexity index is 1140. The van der Waals surface area contributed by atoms with Crippen molar-refractivity contribution in [2.75, 3.05) is 5.32 Å². The van der Waals surface area contributed by atoms with Crippen LogP contribution in [0.2, 0.25) is 0 Å². The first-order chi connectivity index (χ1) is 14.5. The number of hydrogen-bond donors (Lipinski definition) is 1. The first-order valence-electron chi connectivity index (χ1n) is 9.68. The smallest absolute Gasteiger partial charge is 0.267 e. The summed E-state index contributed by atoms with van der Waals surface area (Å²) in [6.07, 6.45) is 0. The first-order valence-corrected chi connectivity index (χ1v) is 10.6. The van der Waals surface area contributed by atoms with Crippen LogP contribution in [0.15, 0.2) is 90.3 Å². The predicted molar refractivity (Wildman–Crippen MR) is 123 cm³/mol. The van der Waals surface area contributed by atoms with Crippen LogP contribution in [0, 0.1) is 0 Å². The molecule has 0 aliphatic heterocycles. The van der Waals surface area contributed by atoms with Crippen LogP contribution in [0.5, 0.6) is 5.75 Å². The number of nitrogens with zero attached hydrogens (tertiary/aromatic N) is 1. The molecule has 4 rings (SSSR count). The molecule has 30 heavy (non-hydrogen) atoms. The van der Waals surface area contributed by atoms with Crippen molar-refractivity contribution < 1.29 is 9.53 Å². The molecule has 0 spiro atoms. The Balaban J connectivity index is 1.50. The van der Waals surface area contributed by atoms with Crippen LogP contribution in [0.3, 0.4) is 0 Å². The fraction of sp³-hybridized carbons (Fsp3) is 0.120. The number of nitrogens with one attached hydrogen (secondary N) is 1. The van der Waals surface area contributed by atoms with E-state index in [2.05, 4.69) is 5.32 Å². The number of thiazole rings is 1. The van der Waals surface area contributed by atoms with Gasteiger partial charge in [0.25, 0.3) is 5.91 Å². The van der Waals surface area contributed by atoms with Gasteiger partial charge >= 0.3 is 0 Å². The first kappa shape index (κ1) is 19.9. The fourth-order valence-corrected chi connectivity index (χ4v) is 3.82. The third-order valence-electron chi connectivity index (χ3n) is 4.60. The predicted octanol–water partition coefficient (Wildman–Crippen LogP) is 6.27. The monoisotopic (exact) mass is 414 g/mol. The maximum atomic E-state index is 12.8. The van der Waals surface area contributed by atoms with Gasteiger partial charge in [0, 0.05) is 22.2 Å². The van der Waals surface area contributed by atoms with E-state index in [1.165, 1.54) is 0 Å². The summed E-state index contributed by atoms with van der Waals surface area (Å²) in [5.41, 5.74) is 2.62. The molecule has 1 N–H and O–H groups in total. The minimum absolute atomic E-state index is 0.216. The topological polar surface area (TPSA) is 51.2 Å². The molecule has 0 bridgehead atoms. The lowest BCUT2D eigenvalue weighted by molar-refractivity contribution is -0.128. The van der Waals surface area contributed by atoms with Crippen LogP contribution in [-0.4, -0.2) is 16.5 Å². The highest BCUT2D eigenvalue weighted by atomic mass is 32.1. The van der Waals surface area contributed by atoms with E-state index in [0.717, 1.165) is 21.8 Å². The minimum atomic E-state index is -1.02. The summed E-state index contributed by atoms with van der Waals surface area (Å²) in [7, 11) is 0. The summed E-state index contributed by atoms with van der Waals surface area (Å²) in [6.45, 7) is 3.51. The van der Waals surface area contributed by atoms with Crippen LogP contribution in [0.1, 0.15) is 13.8 Å². The number of benzene rings is 3. The zero-order chi connectivity index (χ0) is 21.0. The highest BCUT2D eigenvalue weighted by Gasteiger charge is 2.30. The maximum Gasteiger partial charge on any atom is 0.267 e. The summed E-state index contributed by atoms with van der Waals surface area (Å²) in [5, 5.41) is 5.97. The van der Waals surface area contributed by atoms with E-state index in [9.17, 15) is 4.79 Å². The molecular weight excluding hydrogens is 392 g/mol. The standard InChI is InChI=1S/C25H22N2O2S/c1-25(2,29-21-14-7-4-8-15-21)24(28)26-20-13-9-12-19(16-20)22-17-30-23(27-22)18-10-5-3-6-11-18/h3-17H,1-2H3,(H,26,28). The molecule has 0 fully saturated rings. The number of anilines is 1. The summed E-state index contributed by atoms with van der Waals surface area (Å²) in [4.78, 5) is 17.6. The van der Waals surface area contributed by atoms with Gasteiger partial charge < -0.3 is 10.1 Å². The van der Waals surface area contributed by atoms with Gasteiger partial charge in [-0.1, -0.05) is 60.7 Å². The number of aromatic nitrogens is 1. The van der Waals surface area contributed by atoms with Crippen LogP contribution in [0.25, 0.3) is 21.8 Å². The normalized spacial score (nSPS) is 11.1. The molecule has 150 valence electrons. The Morgan fingerprint density at radius 3 is 2.30 bits per heavy atom. The number of hydrogen-bond acceptors (Lipinski definition) is 4. The molecule has 0 unspecified atom stereocenters. The third-order valence-corrected chi connectivity index (χ3v) is 5.50. The summed E-state index contributed by atoms with van der Waals surface area (Å²) < 4.78 is 5.88. The molecule has 1 amide bonds. The number of ether oxygens (including phenoxy) is 1. The van der Waals surface area contributed by atoms with E-state index in [1.807, 2.05) is 90.3 Å². The Kier molecular flexibility index (Phi) is 5.63. The van der Waals surface area contributed by atoms with Crippen molar-refractivity contribution in [1.82, 2.24) is 4.98 Å². The average molecular weight is 415 g/mol. The van der Waals surface area contributed by atoms with Crippen molar-refractivity contribution in [2.45, 2.75) is 19.4 Å². The highest BCUT2D eigenvalue weighted by molar-refractivity contribution is 7.13. The Morgan fingerprint density at radius 1 is 0.900 bits per heavy atom. The molecule has 1 heterocycles. The zero-order valence-corrected chi connectivity index (χ0v) is 17.6. The SMILES string of the molecule is CC(C)(Oc1ccccc1)C(=O)Nc1cccc(-c2csc(-c3ccccc3)n2)c1. The molecule has 3 aromatic carbocycles. The van der Waals surface area contributed by atoms with Crippen LogP contribution in [0.4, 0.5) is 5.69 Å². The number of carbonyl (C=O) groups excluding carboxylic acids is 1. The molecule has 5 heteroatoms. The van der Waals surface area contributed by atoms with Gasteiger partial charge in [-0.15, -0.1) is 11.3 Å². The zero-order valence-electron chi connectivity index (χ0n) is 16.8. The van der Waals surface area contributed by atoms with Gasteiger partial charge in [0.15, 0.2) is 5.60 Å². The lowest BCUT2D eigenvalue weighted by atomic mass is 10.1. The second-order valence-electron chi connectivity index (χ2n) is 7.36. The Morgan fingerprint density at radius 2 is 1.57 bits per heavy atom. The molecule has 0 aliphatic rings. The van der Waals surface area contributed by atoms with Gasteiger partial charge in [-0.05, 0) is 38.1 Å². The van der Waals surface area contributed by atoms with E-state index in [-0.39, 0.29) is 5.91 Å². The second kappa shape index (κ2) is 8.51. The van der Waals surface area contributed by atoms with Gasteiger partial charge in [0.1, 0.15) is 10.8 Å². The molecule has 1 aromatic heterocycles. The lowest BCUT2D eigenvalue weighted by Crippen LogP contribution is -2.42. The van der Waals surface area contributed by atoms with Gasteiger partial charge in [0.05, 0.1) is 5.69 Å². The summed E-state index contributed by atoms with van der Waals surface area (Å²) in [6, 6.07) is 27.1. The van der Waals surface area contributed by atoms with E-state index in [0.29, 0.717) is 11.4 Å². The van der Waals surface area contributed by atoms with E-state index in [4.69, 9.17) is 9.72 Å². The summed E-state index contributed by atoms with van der Waals surface area (Å²) in [5.74, 6) is 0.439. The molecule has 0 saturated heterocycles. The van der Waals surface area contributed by atoms with Gasteiger partial charge in [-0.3, -0.25) is 4.79 Å². The molecular formula is C25H22N2O2S. The number of para-hydroxylation sites is 1. The number of amides is 1. The number of rotatable bonds is 6. The summed E-state index contributed by atoms with van der Waals surface area (Å²) >= 11 is 1.60. The molecule has 0 radical (unpaired) electrons. The average Bonchev–Trinajstić information content (AvgIpc) is 3.25. The van der Waals surface area contributed by atoms with Crippen molar-refractivity contribution in [3.05, 3.63) is 90.3 Å². The molecule has 0 atom stereocenters. The van der Waals surface area contributed by atoms with Crippen LogP contribution < -0.4 is 10.1 Å². The molecule has 4 nitrogen and oxygen atoms in total. The van der Waals surface area contributed by atoms with Crippen LogP contribution in [-0.2, 0) is 4.79 Å². The van der Waals surface area contributed by atoms with E-state index in [1.54, 1.807) is 25.2 Å². The molecule has 4 aromatic rings. The quantitative estimate of drug-likeness (QED) is 0.404. The largest absolute Gasteiger partial charge is 0.478 e. The van der Waals surface area contributed by atoms with Crippen molar-refractivity contribution in [3.8, 4) is 27.6 Å². The van der Waals surface area contributed by atoms with Crippen molar-refractivity contribution in [3.63, 3.8) is 0 Å². The van der Waals surface area contributed by atoms with Crippen molar-refractivity contribution in [1.29, 1.82) is 0 Å². The van der Waals surface area contributed by atoms with Crippen LogP contribution >= 0.6 is 11.3 Å². The van der Waals surface area contributed by atoms with Crippen molar-refractivity contribution in [2.24, 2.45) is 0 Å². The second-order valence-corrected chi connectivity index (χ2v) is 8.22. The fourth-order valence-electron chi connectivity index (χ4n) is 2.99. The molecule has 0 saturated carbocycles. The minimum Gasteiger partial charge on any atom is -0.478 e.